The van der Waals surface area contributed by atoms with Crippen molar-refractivity contribution in [1.29, 1.82) is 0 Å². The SMILES string of the molecule is CN=C(NC)NCc1ccc(-n2ccnc2C)c(F)c1. The number of imidazole rings is 1. The lowest BCUT2D eigenvalue weighted by atomic mass is 10.2. The molecule has 2 rings (SSSR count). The first-order chi connectivity index (χ1) is 9.65. The first-order valence-electron chi connectivity index (χ1n) is 6.33. The standard InChI is InChI=1S/C14H18FN5/c1-10-18-6-7-20(10)13-5-4-11(8-12(13)15)9-19-14(16-2)17-3/h4-8H,9H2,1-3H3,(H2,16,17,19). The highest BCUT2D eigenvalue weighted by Gasteiger charge is 2.08. The minimum atomic E-state index is -0.273. The summed E-state index contributed by atoms with van der Waals surface area (Å²) in [6.45, 7) is 2.35. The van der Waals surface area contributed by atoms with Crippen molar-refractivity contribution in [3.05, 3.63) is 47.8 Å². The van der Waals surface area contributed by atoms with Crippen LogP contribution >= 0.6 is 0 Å². The Labute approximate surface area is 117 Å². The van der Waals surface area contributed by atoms with Gasteiger partial charge in [-0.1, -0.05) is 6.07 Å². The van der Waals surface area contributed by atoms with Gasteiger partial charge in [0.1, 0.15) is 11.6 Å². The van der Waals surface area contributed by atoms with E-state index in [1.165, 1.54) is 6.07 Å². The van der Waals surface area contributed by atoms with Crippen LogP contribution in [0.2, 0.25) is 0 Å². The summed E-state index contributed by atoms with van der Waals surface area (Å²) >= 11 is 0. The maximum atomic E-state index is 14.2. The fraction of sp³-hybridized carbons (Fsp3) is 0.286. The van der Waals surface area contributed by atoms with E-state index >= 15 is 0 Å². The van der Waals surface area contributed by atoms with Gasteiger partial charge in [0.25, 0.3) is 0 Å². The second-order valence-electron chi connectivity index (χ2n) is 4.31. The molecule has 0 aliphatic heterocycles. The molecule has 1 aromatic heterocycles. The predicted molar refractivity (Wildman–Crippen MR) is 77.5 cm³/mol. The van der Waals surface area contributed by atoms with E-state index < -0.39 is 0 Å². The highest BCUT2D eigenvalue weighted by atomic mass is 19.1. The summed E-state index contributed by atoms with van der Waals surface area (Å²) in [7, 11) is 3.46. The van der Waals surface area contributed by atoms with Crippen LogP contribution in [0.4, 0.5) is 4.39 Å². The third-order valence-electron chi connectivity index (χ3n) is 3.02. The molecule has 0 radical (unpaired) electrons. The fourth-order valence-electron chi connectivity index (χ4n) is 1.95. The lowest BCUT2D eigenvalue weighted by Crippen LogP contribution is -2.34. The van der Waals surface area contributed by atoms with Crippen LogP contribution in [0.1, 0.15) is 11.4 Å². The molecule has 0 saturated carbocycles. The minimum Gasteiger partial charge on any atom is -0.359 e. The van der Waals surface area contributed by atoms with Gasteiger partial charge in [-0.15, -0.1) is 0 Å². The molecule has 2 N–H and O–H groups in total. The molecular weight excluding hydrogens is 257 g/mol. The Kier molecular flexibility index (Phi) is 4.34. The molecule has 0 bridgehead atoms. The maximum absolute atomic E-state index is 14.2. The Balaban J connectivity index is 2.16. The van der Waals surface area contributed by atoms with Crippen LogP contribution in [-0.4, -0.2) is 29.6 Å². The summed E-state index contributed by atoms with van der Waals surface area (Å²) in [6.07, 6.45) is 3.40. The van der Waals surface area contributed by atoms with Crippen molar-refractivity contribution in [3.63, 3.8) is 0 Å². The fourth-order valence-corrected chi connectivity index (χ4v) is 1.95. The second-order valence-corrected chi connectivity index (χ2v) is 4.31. The molecule has 0 saturated heterocycles. The lowest BCUT2D eigenvalue weighted by Gasteiger charge is -2.11. The number of aryl methyl sites for hydroxylation is 1. The van der Waals surface area contributed by atoms with Gasteiger partial charge in [-0.25, -0.2) is 9.37 Å². The first-order valence-corrected chi connectivity index (χ1v) is 6.33. The van der Waals surface area contributed by atoms with E-state index in [0.29, 0.717) is 18.2 Å². The van der Waals surface area contributed by atoms with Crippen molar-refractivity contribution in [2.75, 3.05) is 14.1 Å². The average molecular weight is 275 g/mol. The van der Waals surface area contributed by atoms with Gasteiger partial charge in [-0.2, -0.15) is 0 Å². The smallest absolute Gasteiger partial charge is 0.190 e. The van der Waals surface area contributed by atoms with Gasteiger partial charge in [-0.05, 0) is 24.6 Å². The van der Waals surface area contributed by atoms with Crippen molar-refractivity contribution in [2.45, 2.75) is 13.5 Å². The van der Waals surface area contributed by atoms with Crippen molar-refractivity contribution in [3.8, 4) is 5.69 Å². The van der Waals surface area contributed by atoms with Gasteiger partial charge >= 0.3 is 0 Å². The normalized spacial score (nSPS) is 11.5. The summed E-state index contributed by atoms with van der Waals surface area (Å²) in [5.74, 6) is 1.15. The van der Waals surface area contributed by atoms with Gasteiger partial charge < -0.3 is 15.2 Å². The number of guanidine groups is 1. The molecule has 0 spiro atoms. The van der Waals surface area contributed by atoms with Crippen LogP contribution in [0.3, 0.4) is 0 Å². The monoisotopic (exact) mass is 275 g/mol. The van der Waals surface area contributed by atoms with Crippen molar-refractivity contribution in [2.24, 2.45) is 4.99 Å². The van der Waals surface area contributed by atoms with Crippen LogP contribution in [0.5, 0.6) is 0 Å². The van der Waals surface area contributed by atoms with Gasteiger partial charge in [0, 0.05) is 33.0 Å². The van der Waals surface area contributed by atoms with Gasteiger partial charge in [0.2, 0.25) is 0 Å². The third kappa shape index (κ3) is 2.96. The maximum Gasteiger partial charge on any atom is 0.190 e. The molecular formula is C14H18FN5. The van der Waals surface area contributed by atoms with Crippen molar-refractivity contribution in [1.82, 2.24) is 20.2 Å². The quantitative estimate of drug-likeness (QED) is 0.661. The van der Waals surface area contributed by atoms with Gasteiger partial charge in [0.05, 0.1) is 5.69 Å². The minimum absolute atomic E-state index is 0.273. The summed E-state index contributed by atoms with van der Waals surface area (Å²) in [5.41, 5.74) is 1.35. The number of hydrogen-bond acceptors (Lipinski definition) is 2. The van der Waals surface area contributed by atoms with E-state index in [4.69, 9.17) is 0 Å². The third-order valence-corrected chi connectivity index (χ3v) is 3.02. The molecule has 0 aliphatic rings. The molecule has 20 heavy (non-hydrogen) atoms. The molecule has 0 unspecified atom stereocenters. The topological polar surface area (TPSA) is 54.2 Å². The number of benzene rings is 1. The van der Waals surface area contributed by atoms with E-state index in [-0.39, 0.29) is 5.82 Å². The van der Waals surface area contributed by atoms with Crippen LogP contribution in [-0.2, 0) is 6.54 Å². The molecule has 0 atom stereocenters. The highest BCUT2D eigenvalue weighted by molar-refractivity contribution is 5.79. The zero-order chi connectivity index (χ0) is 14.5. The number of hydrogen-bond donors (Lipinski definition) is 2. The Hall–Kier alpha value is -2.37. The Bertz CT molecular complexity index is 618. The van der Waals surface area contributed by atoms with E-state index in [9.17, 15) is 4.39 Å². The van der Waals surface area contributed by atoms with E-state index in [1.54, 1.807) is 37.1 Å². The van der Waals surface area contributed by atoms with Crippen molar-refractivity contribution >= 4 is 5.96 Å². The predicted octanol–water partition coefficient (Wildman–Crippen LogP) is 1.61. The van der Waals surface area contributed by atoms with E-state index in [2.05, 4.69) is 20.6 Å². The summed E-state index contributed by atoms with van der Waals surface area (Å²) in [5, 5.41) is 5.99. The van der Waals surface area contributed by atoms with Crippen LogP contribution in [0.25, 0.3) is 5.69 Å². The molecule has 106 valence electrons. The number of nitrogens with zero attached hydrogens (tertiary/aromatic N) is 3. The van der Waals surface area contributed by atoms with Crippen LogP contribution in [0.15, 0.2) is 35.6 Å². The molecule has 5 nitrogen and oxygen atoms in total. The van der Waals surface area contributed by atoms with Crippen LogP contribution < -0.4 is 10.6 Å². The lowest BCUT2D eigenvalue weighted by molar-refractivity contribution is 0.613. The number of aromatic nitrogens is 2. The van der Waals surface area contributed by atoms with Crippen LogP contribution in [0, 0.1) is 12.7 Å². The average Bonchev–Trinajstić information content (AvgIpc) is 2.86. The van der Waals surface area contributed by atoms with E-state index in [0.717, 1.165) is 11.4 Å². The number of aliphatic imine (C=N–C) groups is 1. The summed E-state index contributed by atoms with van der Waals surface area (Å²) in [6, 6.07) is 5.15. The first kappa shape index (κ1) is 14.0. The molecule has 6 heteroatoms. The van der Waals surface area contributed by atoms with Crippen molar-refractivity contribution < 1.29 is 4.39 Å². The second kappa shape index (κ2) is 6.18. The Morgan fingerprint density at radius 1 is 1.45 bits per heavy atom. The Morgan fingerprint density at radius 3 is 2.80 bits per heavy atom. The Morgan fingerprint density at radius 2 is 2.25 bits per heavy atom. The number of nitrogens with one attached hydrogen (secondary N) is 2. The van der Waals surface area contributed by atoms with Gasteiger partial charge in [0.15, 0.2) is 5.96 Å². The molecule has 1 aromatic carbocycles. The largest absolute Gasteiger partial charge is 0.359 e. The molecule has 1 heterocycles. The molecule has 0 amide bonds. The zero-order valence-electron chi connectivity index (χ0n) is 11.8. The highest BCUT2D eigenvalue weighted by Crippen LogP contribution is 2.16. The number of halogens is 1. The van der Waals surface area contributed by atoms with E-state index in [1.807, 2.05) is 13.0 Å². The molecule has 0 fully saturated rings. The molecule has 0 aliphatic carbocycles. The zero-order valence-corrected chi connectivity index (χ0v) is 11.8. The summed E-state index contributed by atoms with van der Waals surface area (Å²) in [4.78, 5) is 8.10. The summed E-state index contributed by atoms with van der Waals surface area (Å²) < 4.78 is 15.9. The van der Waals surface area contributed by atoms with Gasteiger partial charge in [-0.3, -0.25) is 4.99 Å². The molecule has 2 aromatic rings. The number of rotatable bonds is 3.